The highest BCUT2D eigenvalue weighted by Crippen LogP contribution is 2.07. The highest BCUT2D eigenvalue weighted by molar-refractivity contribution is 9.09. The summed E-state index contributed by atoms with van der Waals surface area (Å²) in [5, 5.41) is 1.16. The number of hydrogen-bond acceptors (Lipinski definition) is 1. The number of nitrogens with two attached hydrogens (primary N) is 1. The Labute approximate surface area is 95.4 Å². The molecule has 2 N–H and O–H groups in total. The number of alkyl halides is 1. The minimum absolute atomic E-state index is 0. The summed E-state index contributed by atoms with van der Waals surface area (Å²) in [6, 6.07) is 0. The summed E-state index contributed by atoms with van der Waals surface area (Å²) in [4.78, 5) is 0. The first-order chi connectivity index (χ1) is 5.41. The molecule has 0 heterocycles. The van der Waals surface area contributed by atoms with Crippen LogP contribution >= 0.6 is 32.9 Å². The van der Waals surface area contributed by atoms with Crippen LogP contribution in [0.3, 0.4) is 0 Å². The third-order valence-corrected chi connectivity index (χ3v) is 2.40. The second kappa shape index (κ2) is 14.4. The summed E-state index contributed by atoms with van der Waals surface area (Å²) >= 11 is 3.43. The lowest BCUT2D eigenvalue weighted by molar-refractivity contribution is 0.595. The van der Waals surface area contributed by atoms with E-state index in [2.05, 4.69) is 15.9 Å². The Kier molecular flexibility index (Phi) is 18.5. The summed E-state index contributed by atoms with van der Waals surface area (Å²) in [5.41, 5.74) is 5.38. The highest BCUT2D eigenvalue weighted by Gasteiger charge is 1.89. The molecule has 0 spiro atoms. The van der Waals surface area contributed by atoms with Crippen molar-refractivity contribution in [1.82, 2.24) is 0 Å². The fraction of sp³-hybridized carbons (Fsp3) is 1.00. The van der Waals surface area contributed by atoms with E-state index in [-0.39, 0.29) is 17.0 Å². The van der Waals surface area contributed by atoms with E-state index in [4.69, 9.17) is 5.73 Å². The Morgan fingerprint density at radius 3 is 1.58 bits per heavy atom. The van der Waals surface area contributed by atoms with Crippen LogP contribution in [-0.4, -0.2) is 11.9 Å². The standard InChI is InChI=1S/C9H20BrN.BrH/c10-8-6-4-2-1-3-5-7-9-11;/h1-9,11H2;1H. The summed E-state index contributed by atoms with van der Waals surface area (Å²) < 4.78 is 0. The van der Waals surface area contributed by atoms with Crippen LogP contribution in [0.15, 0.2) is 0 Å². The molecule has 0 saturated heterocycles. The zero-order valence-electron chi connectivity index (χ0n) is 7.73. The van der Waals surface area contributed by atoms with E-state index >= 15 is 0 Å². The van der Waals surface area contributed by atoms with Crippen molar-refractivity contribution in [3.63, 3.8) is 0 Å². The van der Waals surface area contributed by atoms with Crippen molar-refractivity contribution < 1.29 is 0 Å². The molecule has 0 radical (unpaired) electrons. The van der Waals surface area contributed by atoms with Gasteiger partial charge < -0.3 is 5.73 Å². The second-order valence-corrected chi connectivity index (χ2v) is 3.75. The van der Waals surface area contributed by atoms with Gasteiger partial charge in [-0.3, -0.25) is 0 Å². The van der Waals surface area contributed by atoms with Crippen LogP contribution < -0.4 is 5.73 Å². The topological polar surface area (TPSA) is 26.0 Å². The molecule has 0 aliphatic heterocycles. The average molecular weight is 303 g/mol. The number of rotatable bonds is 8. The predicted octanol–water partition coefficient (Wildman–Crippen LogP) is 3.65. The molecule has 76 valence electrons. The van der Waals surface area contributed by atoms with Gasteiger partial charge in [0.05, 0.1) is 0 Å². The van der Waals surface area contributed by atoms with Gasteiger partial charge in [0.1, 0.15) is 0 Å². The van der Waals surface area contributed by atoms with Crippen molar-refractivity contribution in [2.45, 2.75) is 44.9 Å². The van der Waals surface area contributed by atoms with Gasteiger partial charge in [0.15, 0.2) is 0 Å². The Morgan fingerprint density at radius 2 is 1.17 bits per heavy atom. The molecule has 0 aliphatic rings. The maximum atomic E-state index is 5.38. The molecular formula is C9H21Br2N. The monoisotopic (exact) mass is 301 g/mol. The third kappa shape index (κ3) is 13.5. The van der Waals surface area contributed by atoms with Crippen molar-refractivity contribution in [2.24, 2.45) is 5.73 Å². The van der Waals surface area contributed by atoms with E-state index in [0.29, 0.717) is 0 Å². The first kappa shape index (κ1) is 15.4. The van der Waals surface area contributed by atoms with E-state index in [0.717, 1.165) is 11.9 Å². The van der Waals surface area contributed by atoms with Crippen LogP contribution in [0.1, 0.15) is 44.9 Å². The molecule has 0 aromatic carbocycles. The number of unbranched alkanes of at least 4 members (excludes halogenated alkanes) is 6. The minimum Gasteiger partial charge on any atom is -0.330 e. The molecule has 1 nitrogen and oxygen atoms in total. The molecule has 0 fully saturated rings. The van der Waals surface area contributed by atoms with Gasteiger partial charge in [0.2, 0.25) is 0 Å². The van der Waals surface area contributed by atoms with Crippen molar-refractivity contribution in [3.8, 4) is 0 Å². The van der Waals surface area contributed by atoms with Crippen LogP contribution in [0, 0.1) is 0 Å². The lowest BCUT2D eigenvalue weighted by Gasteiger charge is -1.98. The van der Waals surface area contributed by atoms with E-state index in [1.165, 1.54) is 44.9 Å². The summed E-state index contributed by atoms with van der Waals surface area (Å²) in [6.45, 7) is 0.862. The zero-order chi connectivity index (χ0) is 8.36. The summed E-state index contributed by atoms with van der Waals surface area (Å²) in [7, 11) is 0. The van der Waals surface area contributed by atoms with Gasteiger partial charge in [0, 0.05) is 5.33 Å². The summed E-state index contributed by atoms with van der Waals surface area (Å²) in [5.74, 6) is 0. The van der Waals surface area contributed by atoms with Crippen LogP contribution in [0.5, 0.6) is 0 Å². The van der Waals surface area contributed by atoms with Gasteiger partial charge in [-0.05, 0) is 19.4 Å². The number of hydrogen-bond donors (Lipinski definition) is 1. The number of halogens is 2. The maximum absolute atomic E-state index is 5.38. The molecule has 3 heteroatoms. The van der Waals surface area contributed by atoms with Crippen molar-refractivity contribution >= 4 is 32.9 Å². The second-order valence-electron chi connectivity index (χ2n) is 2.95. The van der Waals surface area contributed by atoms with E-state index in [9.17, 15) is 0 Å². The van der Waals surface area contributed by atoms with Crippen molar-refractivity contribution in [3.05, 3.63) is 0 Å². The summed E-state index contributed by atoms with van der Waals surface area (Å²) in [6.07, 6.45) is 9.41. The highest BCUT2D eigenvalue weighted by atomic mass is 79.9. The molecule has 0 rings (SSSR count). The van der Waals surface area contributed by atoms with Crippen molar-refractivity contribution in [2.75, 3.05) is 11.9 Å². The van der Waals surface area contributed by atoms with Gasteiger partial charge >= 0.3 is 0 Å². The first-order valence-electron chi connectivity index (χ1n) is 4.68. The van der Waals surface area contributed by atoms with Gasteiger partial charge in [0.25, 0.3) is 0 Å². The Bertz CT molecular complexity index is 61.5. The third-order valence-electron chi connectivity index (χ3n) is 1.84. The largest absolute Gasteiger partial charge is 0.330 e. The molecule has 0 amide bonds. The van der Waals surface area contributed by atoms with Crippen LogP contribution in [0.4, 0.5) is 0 Å². The fourth-order valence-corrected chi connectivity index (χ4v) is 1.52. The zero-order valence-corrected chi connectivity index (χ0v) is 11.0. The molecule has 0 bridgehead atoms. The fourth-order valence-electron chi connectivity index (χ4n) is 1.12. The van der Waals surface area contributed by atoms with Crippen LogP contribution in [0.25, 0.3) is 0 Å². The van der Waals surface area contributed by atoms with Gasteiger partial charge in [-0.25, -0.2) is 0 Å². The van der Waals surface area contributed by atoms with Crippen LogP contribution in [0.2, 0.25) is 0 Å². The molecule has 0 aromatic rings. The average Bonchev–Trinajstić information content (AvgIpc) is 2.03. The van der Waals surface area contributed by atoms with E-state index < -0.39 is 0 Å². The molecule has 0 aromatic heterocycles. The Balaban J connectivity index is 0. The van der Waals surface area contributed by atoms with Gasteiger partial charge in [-0.15, -0.1) is 17.0 Å². The predicted molar refractivity (Wildman–Crippen MR) is 65.5 cm³/mol. The first-order valence-corrected chi connectivity index (χ1v) is 5.80. The van der Waals surface area contributed by atoms with Crippen molar-refractivity contribution in [1.29, 1.82) is 0 Å². The molecule has 0 unspecified atom stereocenters. The van der Waals surface area contributed by atoms with Gasteiger partial charge in [-0.2, -0.15) is 0 Å². The molecule has 0 atom stereocenters. The lowest BCUT2D eigenvalue weighted by atomic mass is 10.1. The normalized spacial score (nSPS) is 9.50. The van der Waals surface area contributed by atoms with Gasteiger partial charge in [-0.1, -0.05) is 48.0 Å². The molecular weight excluding hydrogens is 282 g/mol. The van der Waals surface area contributed by atoms with E-state index in [1.807, 2.05) is 0 Å². The lowest BCUT2D eigenvalue weighted by Crippen LogP contribution is -1.97. The SMILES string of the molecule is Br.NCCCCCCCCCBr. The molecule has 0 saturated carbocycles. The van der Waals surface area contributed by atoms with Crippen LogP contribution in [-0.2, 0) is 0 Å². The van der Waals surface area contributed by atoms with E-state index in [1.54, 1.807) is 0 Å². The Hall–Kier alpha value is 0.920. The smallest absolute Gasteiger partial charge is 0.00313 e. The molecule has 12 heavy (non-hydrogen) atoms. The Morgan fingerprint density at radius 1 is 0.750 bits per heavy atom. The minimum atomic E-state index is 0. The maximum Gasteiger partial charge on any atom is 0.00313 e. The quantitative estimate of drug-likeness (QED) is 0.537. The molecule has 0 aliphatic carbocycles.